The molecular weight excluding hydrogens is 454 g/mol. The third-order valence-corrected chi connectivity index (χ3v) is 6.13. The zero-order chi connectivity index (χ0) is 21.8. The van der Waals surface area contributed by atoms with E-state index in [-0.39, 0.29) is 0 Å². The lowest BCUT2D eigenvalue weighted by Crippen LogP contribution is -2.39. The molecule has 0 saturated carbocycles. The van der Waals surface area contributed by atoms with Gasteiger partial charge in [0.25, 0.3) is 0 Å². The second kappa shape index (κ2) is 9.57. The van der Waals surface area contributed by atoms with Crippen molar-refractivity contribution in [3.8, 4) is 23.0 Å². The van der Waals surface area contributed by atoms with Crippen molar-refractivity contribution < 1.29 is 28.8 Å². The Bertz CT molecular complexity index is 919. The molecule has 3 rings (SSSR count). The minimum Gasteiger partial charge on any atom is -0.497 e. The maximum atomic E-state index is 12.0. The predicted molar refractivity (Wildman–Crippen MR) is 116 cm³/mol. The summed E-state index contributed by atoms with van der Waals surface area (Å²) >= 11 is 3.65. The van der Waals surface area contributed by atoms with Gasteiger partial charge in [-0.1, -0.05) is 15.9 Å². The van der Waals surface area contributed by atoms with Gasteiger partial charge in [0.15, 0.2) is 11.5 Å². The van der Waals surface area contributed by atoms with Crippen LogP contribution in [0.4, 0.5) is 0 Å². The van der Waals surface area contributed by atoms with Crippen molar-refractivity contribution in [1.82, 2.24) is 4.90 Å². The summed E-state index contributed by atoms with van der Waals surface area (Å²) in [6.45, 7) is 0.642. The highest BCUT2D eigenvalue weighted by molar-refractivity contribution is 9.10. The SMILES string of the molecule is COc1ccc(OC)c(C(c2cc(OC)c(OC)cc2Br)N2CCCC2C(=O)O)c1. The molecule has 0 aliphatic carbocycles. The Morgan fingerprint density at radius 2 is 1.67 bits per heavy atom. The average Bonchev–Trinajstić information content (AvgIpc) is 3.24. The lowest BCUT2D eigenvalue weighted by atomic mass is 9.94. The summed E-state index contributed by atoms with van der Waals surface area (Å²) in [5.41, 5.74) is 1.67. The summed E-state index contributed by atoms with van der Waals surface area (Å²) in [7, 11) is 6.35. The van der Waals surface area contributed by atoms with Crippen LogP contribution in [0.1, 0.15) is 30.0 Å². The normalized spacial score (nSPS) is 17.4. The molecule has 7 nitrogen and oxygen atoms in total. The number of rotatable bonds is 8. The number of hydrogen-bond acceptors (Lipinski definition) is 6. The minimum absolute atomic E-state index is 0.396. The van der Waals surface area contributed by atoms with Gasteiger partial charge in [0.05, 0.1) is 34.5 Å². The standard InChI is InChI=1S/C22H26BrNO6/c1-27-13-7-8-18(28-2)15(10-13)21(24-9-5-6-17(24)22(25)26)14-11-19(29-3)20(30-4)12-16(14)23/h7-8,10-12,17,21H,5-6,9H2,1-4H3,(H,25,26). The molecule has 1 aliphatic rings. The number of aliphatic carboxylic acids is 1. The Hall–Kier alpha value is -2.45. The fourth-order valence-electron chi connectivity index (χ4n) is 4.02. The van der Waals surface area contributed by atoms with Gasteiger partial charge in [-0.25, -0.2) is 0 Å². The lowest BCUT2D eigenvalue weighted by Gasteiger charge is -2.34. The van der Waals surface area contributed by atoms with E-state index in [1.165, 1.54) is 0 Å². The molecule has 0 amide bonds. The number of methoxy groups -OCH3 is 4. The van der Waals surface area contributed by atoms with Crippen molar-refractivity contribution in [2.45, 2.75) is 24.9 Å². The molecule has 1 fully saturated rings. The summed E-state index contributed by atoms with van der Waals surface area (Å²) < 4.78 is 22.8. The van der Waals surface area contributed by atoms with Gasteiger partial charge in [0.2, 0.25) is 0 Å². The highest BCUT2D eigenvalue weighted by Crippen LogP contribution is 2.45. The molecule has 0 aromatic heterocycles. The van der Waals surface area contributed by atoms with E-state index >= 15 is 0 Å². The van der Waals surface area contributed by atoms with Gasteiger partial charge in [-0.15, -0.1) is 0 Å². The second-order valence-corrected chi connectivity index (χ2v) is 7.83. The van der Waals surface area contributed by atoms with Crippen molar-refractivity contribution in [2.75, 3.05) is 35.0 Å². The van der Waals surface area contributed by atoms with Crippen molar-refractivity contribution in [2.24, 2.45) is 0 Å². The van der Waals surface area contributed by atoms with Crippen molar-refractivity contribution in [1.29, 1.82) is 0 Å². The Morgan fingerprint density at radius 3 is 2.27 bits per heavy atom. The highest BCUT2D eigenvalue weighted by Gasteiger charge is 2.39. The molecule has 1 heterocycles. The van der Waals surface area contributed by atoms with E-state index in [0.29, 0.717) is 36.0 Å². The third-order valence-electron chi connectivity index (χ3n) is 5.44. The molecule has 2 aromatic rings. The highest BCUT2D eigenvalue weighted by atomic mass is 79.9. The van der Waals surface area contributed by atoms with Crippen LogP contribution >= 0.6 is 15.9 Å². The van der Waals surface area contributed by atoms with Crippen LogP contribution in [0.15, 0.2) is 34.8 Å². The monoisotopic (exact) mass is 479 g/mol. The molecule has 30 heavy (non-hydrogen) atoms. The van der Waals surface area contributed by atoms with E-state index in [0.717, 1.165) is 22.0 Å². The summed E-state index contributed by atoms with van der Waals surface area (Å²) in [5.74, 6) is 1.63. The van der Waals surface area contributed by atoms with Crippen LogP contribution in [0.3, 0.4) is 0 Å². The summed E-state index contributed by atoms with van der Waals surface area (Å²) in [5, 5.41) is 9.85. The van der Waals surface area contributed by atoms with Gasteiger partial charge in [0.1, 0.15) is 17.5 Å². The molecule has 1 N–H and O–H groups in total. The molecule has 8 heteroatoms. The van der Waals surface area contributed by atoms with Crippen LogP contribution in [0.5, 0.6) is 23.0 Å². The number of halogens is 1. The minimum atomic E-state index is -0.837. The number of carbonyl (C=O) groups is 1. The first kappa shape index (κ1) is 22.2. The fourth-order valence-corrected chi connectivity index (χ4v) is 4.56. The second-order valence-electron chi connectivity index (χ2n) is 6.97. The number of nitrogens with zero attached hydrogens (tertiary/aromatic N) is 1. The third kappa shape index (κ3) is 4.20. The van der Waals surface area contributed by atoms with Gasteiger partial charge in [-0.2, -0.15) is 0 Å². The van der Waals surface area contributed by atoms with Crippen LogP contribution in [-0.4, -0.2) is 57.0 Å². The quantitative estimate of drug-likeness (QED) is 0.609. The van der Waals surface area contributed by atoms with E-state index in [1.54, 1.807) is 28.4 Å². The van der Waals surface area contributed by atoms with Gasteiger partial charge in [-0.3, -0.25) is 9.69 Å². The van der Waals surface area contributed by atoms with Crippen LogP contribution in [0, 0.1) is 0 Å². The van der Waals surface area contributed by atoms with E-state index in [1.807, 2.05) is 35.2 Å². The van der Waals surface area contributed by atoms with E-state index in [2.05, 4.69) is 15.9 Å². The average molecular weight is 480 g/mol. The topological polar surface area (TPSA) is 77.5 Å². The number of hydrogen-bond donors (Lipinski definition) is 1. The van der Waals surface area contributed by atoms with Crippen molar-refractivity contribution >= 4 is 21.9 Å². The predicted octanol–water partition coefficient (Wildman–Crippen LogP) is 4.12. The Balaban J connectivity index is 2.26. The number of benzene rings is 2. The van der Waals surface area contributed by atoms with Gasteiger partial charge >= 0.3 is 5.97 Å². The van der Waals surface area contributed by atoms with Gasteiger partial charge in [0, 0.05) is 16.6 Å². The zero-order valence-electron chi connectivity index (χ0n) is 17.5. The first-order valence-electron chi connectivity index (χ1n) is 9.57. The summed E-state index contributed by atoms with van der Waals surface area (Å²) in [6.07, 6.45) is 1.38. The smallest absolute Gasteiger partial charge is 0.320 e. The molecule has 0 bridgehead atoms. The number of likely N-dealkylation sites (tertiary alicyclic amines) is 1. The first-order valence-corrected chi connectivity index (χ1v) is 10.4. The number of carboxylic acid groups (broad SMARTS) is 1. The van der Waals surface area contributed by atoms with Gasteiger partial charge in [-0.05, 0) is 48.7 Å². The molecule has 0 spiro atoms. The zero-order valence-corrected chi connectivity index (χ0v) is 19.1. The molecule has 2 unspecified atom stereocenters. The van der Waals surface area contributed by atoms with Crippen LogP contribution in [0.25, 0.3) is 0 Å². The number of ether oxygens (including phenoxy) is 4. The summed E-state index contributed by atoms with van der Waals surface area (Å²) in [6, 6.07) is 8.26. The van der Waals surface area contributed by atoms with Crippen LogP contribution < -0.4 is 18.9 Å². The van der Waals surface area contributed by atoms with Crippen molar-refractivity contribution in [3.05, 3.63) is 45.9 Å². The Morgan fingerprint density at radius 1 is 1.00 bits per heavy atom. The molecule has 1 saturated heterocycles. The maximum absolute atomic E-state index is 12.0. The molecule has 2 aromatic carbocycles. The largest absolute Gasteiger partial charge is 0.497 e. The number of carboxylic acids is 1. The Kier molecular flexibility index (Phi) is 7.10. The van der Waals surface area contributed by atoms with Crippen molar-refractivity contribution in [3.63, 3.8) is 0 Å². The Labute approximate surface area is 184 Å². The van der Waals surface area contributed by atoms with E-state index < -0.39 is 18.1 Å². The molecule has 1 aliphatic heterocycles. The van der Waals surface area contributed by atoms with E-state index in [9.17, 15) is 9.90 Å². The van der Waals surface area contributed by atoms with E-state index in [4.69, 9.17) is 18.9 Å². The van der Waals surface area contributed by atoms with Gasteiger partial charge < -0.3 is 24.1 Å². The molecule has 162 valence electrons. The summed E-state index contributed by atoms with van der Waals surface area (Å²) in [4.78, 5) is 14.0. The first-order chi connectivity index (χ1) is 14.4. The fraction of sp³-hybridized carbons (Fsp3) is 0.409. The molecule has 0 radical (unpaired) electrons. The van der Waals surface area contributed by atoms with Crippen LogP contribution in [0.2, 0.25) is 0 Å². The van der Waals surface area contributed by atoms with Crippen LogP contribution in [-0.2, 0) is 4.79 Å². The molecule has 2 atom stereocenters. The lowest BCUT2D eigenvalue weighted by molar-refractivity contribution is -0.142. The maximum Gasteiger partial charge on any atom is 0.320 e. The molecular formula is C22H26BrNO6.